The first-order valence-corrected chi connectivity index (χ1v) is 9.53. The van der Waals surface area contributed by atoms with Gasteiger partial charge in [0.15, 0.2) is 6.61 Å². The molecule has 0 saturated heterocycles. The van der Waals surface area contributed by atoms with Crippen molar-refractivity contribution in [2.75, 3.05) is 11.9 Å². The lowest BCUT2D eigenvalue weighted by molar-refractivity contribution is -0.118. The number of cyclic esters (lactones) is 1. The molecule has 1 N–H and O–H groups in total. The first kappa shape index (κ1) is 19.6. The zero-order valence-corrected chi connectivity index (χ0v) is 16.9. The number of nitrogens with zero attached hydrogens (tertiary/aromatic N) is 4. The van der Waals surface area contributed by atoms with Gasteiger partial charge in [-0.15, -0.1) is 5.10 Å². The Hall–Kier alpha value is -3.75. The third-order valence-corrected chi connectivity index (χ3v) is 4.87. The molecule has 3 aromatic rings. The molecule has 0 bridgehead atoms. The molecule has 4 rings (SSSR count). The van der Waals surface area contributed by atoms with Gasteiger partial charge in [0.1, 0.15) is 18.7 Å². The number of hydrogen-bond donors (Lipinski definition) is 1. The van der Waals surface area contributed by atoms with E-state index in [9.17, 15) is 9.59 Å². The summed E-state index contributed by atoms with van der Waals surface area (Å²) in [6.07, 6.45) is 1.54. The van der Waals surface area contributed by atoms with Crippen molar-refractivity contribution in [1.29, 1.82) is 0 Å². The number of anilines is 1. The minimum absolute atomic E-state index is 0.143. The molecule has 9 heteroatoms. The molecule has 0 spiro atoms. The van der Waals surface area contributed by atoms with Gasteiger partial charge in [-0.1, -0.05) is 13.8 Å². The fourth-order valence-corrected chi connectivity index (χ4v) is 3.33. The first-order chi connectivity index (χ1) is 14.4. The van der Waals surface area contributed by atoms with Crippen LogP contribution < -0.4 is 10.1 Å². The molecular formula is C21H21N5O4. The van der Waals surface area contributed by atoms with Crippen LogP contribution in [0.15, 0.2) is 36.7 Å². The fourth-order valence-electron chi connectivity index (χ4n) is 3.33. The van der Waals surface area contributed by atoms with Crippen molar-refractivity contribution >= 4 is 17.6 Å². The van der Waals surface area contributed by atoms with Crippen LogP contribution in [0.1, 0.15) is 46.8 Å². The molecule has 0 saturated carbocycles. The number of rotatable bonds is 6. The zero-order valence-electron chi connectivity index (χ0n) is 16.9. The van der Waals surface area contributed by atoms with Crippen LogP contribution in [0.5, 0.6) is 5.75 Å². The first-order valence-electron chi connectivity index (χ1n) is 9.53. The molecule has 30 heavy (non-hydrogen) atoms. The van der Waals surface area contributed by atoms with Crippen LogP contribution in [0.2, 0.25) is 0 Å². The average molecular weight is 407 g/mol. The van der Waals surface area contributed by atoms with Gasteiger partial charge in [0.05, 0.1) is 11.3 Å². The third-order valence-electron chi connectivity index (χ3n) is 4.87. The number of esters is 1. The second kappa shape index (κ2) is 7.94. The van der Waals surface area contributed by atoms with E-state index in [2.05, 4.69) is 34.7 Å². The summed E-state index contributed by atoms with van der Waals surface area (Å²) < 4.78 is 12.4. The quantitative estimate of drug-likeness (QED) is 0.626. The van der Waals surface area contributed by atoms with Crippen molar-refractivity contribution in [3.05, 3.63) is 58.9 Å². The smallest absolute Gasteiger partial charge is 0.338 e. The summed E-state index contributed by atoms with van der Waals surface area (Å²) in [7, 11) is 0. The van der Waals surface area contributed by atoms with E-state index in [4.69, 9.17) is 9.47 Å². The van der Waals surface area contributed by atoms with Gasteiger partial charge in [0, 0.05) is 11.3 Å². The van der Waals surface area contributed by atoms with Crippen molar-refractivity contribution < 1.29 is 19.1 Å². The molecule has 9 nitrogen and oxygen atoms in total. The van der Waals surface area contributed by atoms with Gasteiger partial charge in [-0.2, -0.15) is 0 Å². The van der Waals surface area contributed by atoms with Gasteiger partial charge in [0.2, 0.25) is 0 Å². The van der Waals surface area contributed by atoms with Crippen LogP contribution in [0, 0.1) is 6.92 Å². The summed E-state index contributed by atoms with van der Waals surface area (Å²) in [5, 5.41) is 14.1. The molecule has 1 aliphatic heterocycles. The van der Waals surface area contributed by atoms with Crippen LogP contribution >= 0.6 is 0 Å². The number of aryl methyl sites for hydroxylation is 1. The molecule has 0 atom stereocenters. The predicted octanol–water partition coefficient (Wildman–Crippen LogP) is 2.78. The van der Waals surface area contributed by atoms with E-state index in [0.717, 1.165) is 22.4 Å². The highest BCUT2D eigenvalue weighted by Gasteiger charge is 2.21. The molecule has 154 valence electrons. The van der Waals surface area contributed by atoms with Gasteiger partial charge in [-0.25, -0.2) is 9.48 Å². The molecule has 1 amide bonds. The summed E-state index contributed by atoms with van der Waals surface area (Å²) in [5.41, 5.74) is 4.61. The Morgan fingerprint density at radius 2 is 2.13 bits per heavy atom. The highest BCUT2D eigenvalue weighted by atomic mass is 16.5. The van der Waals surface area contributed by atoms with E-state index in [-0.39, 0.29) is 31.0 Å². The monoisotopic (exact) mass is 407 g/mol. The van der Waals surface area contributed by atoms with Crippen LogP contribution in [0.4, 0.5) is 5.69 Å². The molecule has 0 aliphatic carbocycles. The normalized spacial score (nSPS) is 12.6. The average Bonchev–Trinajstić information content (AvgIpc) is 3.36. The van der Waals surface area contributed by atoms with Crippen LogP contribution in [0.3, 0.4) is 0 Å². The molecule has 0 unspecified atom stereocenters. The van der Waals surface area contributed by atoms with Crippen LogP contribution in [-0.2, 0) is 16.1 Å². The van der Waals surface area contributed by atoms with Gasteiger partial charge in [-0.3, -0.25) is 4.79 Å². The number of ether oxygens (including phenoxy) is 2. The molecule has 1 aromatic heterocycles. The van der Waals surface area contributed by atoms with E-state index >= 15 is 0 Å². The summed E-state index contributed by atoms with van der Waals surface area (Å²) in [6, 6.07) is 8.93. The number of nitrogens with one attached hydrogen (secondary N) is 1. The Morgan fingerprint density at radius 3 is 2.87 bits per heavy atom. The van der Waals surface area contributed by atoms with E-state index in [1.807, 2.05) is 19.1 Å². The van der Waals surface area contributed by atoms with Crippen molar-refractivity contribution in [3.63, 3.8) is 0 Å². The van der Waals surface area contributed by atoms with Crippen molar-refractivity contribution in [1.82, 2.24) is 20.2 Å². The second-order valence-corrected chi connectivity index (χ2v) is 7.37. The second-order valence-electron chi connectivity index (χ2n) is 7.37. The lowest BCUT2D eigenvalue weighted by Crippen LogP contribution is -2.21. The largest absolute Gasteiger partial charge is 0.483 e. The maximum atomic E-state index is 12.4. The SMILES string of the molecule is Cc1cc(OCC(=O)Nc2ccc3c(c2)COC3=O)c(C(C)C)cc1-n1cnnn1. The predicted molar refractivity (Wildman–Crippen MR) is 108 cm³/mol. The van der Waals surface area contributed by atoms with Crippen molar-refractivity contribution in [2.45, 2.75) is 33.3 Å². The minimum Gasteiger partial charge on any atom is -0.483 e. The summed E-state index contributed by atoms with van der Waals surface area (Å²) >= 11 is 0. The number of tetrazole rings is 1. The van der Waals surface area contributed by atoms with Crippen molar-refractivity contribution in [2.24, 2.45) is 0 Å². The highest BCUT2D eigenvalue weighted by molar-refractivity contribution is 5.96. The zero-order chi connectivity index (χ0) is 21.3. The summed E-state index contributed by atoms with van der Waals surface area (Å²) in [6.45, 7) is 6.11. The number of amides is 1. The minimum atomic E-state index is -0.340. The fraction of sp³-hybridized carbons (Fsp3) is 0.286. The number of benzene rings is 2. The Bertz CT molecular complexity index is 1110. The van der Waals surface area contributed by atoms with Crippen LogP contribution in [-0.4, -0.2) is 38.7 Å². The topological polar surface area (TPSA) is 108 Å². The van der Waals surface area contributed by atoms with Crippen LogP contribution in [0.25, 0.3) is 5.69 Å². The Balaban J connectivity index is 1.47. The molecule has 0 fully saturated rings. The number of hydrogen-bond acceptors (Lipinski definition) is 7. The highest BCUT2D eigenvalue weighted by Crippen LogP contribution is 2.31. The van der Waals surface area contributed by atoms with Gasteiger partial charge in [0.25, 0.3) is 5.91 Å². The maximum Gasteiger partial charge on any atom is 0.338 e. The maximum absolute atomic E-state index is 12.4. The lowest BCUT2D eigenvalue weighted by Gasteiger charge is -2.17. The lowest BCUT2D eigenvalue weighted by atomic mass is 9.99. The Labute approximate surface area is 173 Å². The Kier molecular flexibility index (Phi) is 5.18. The number of aromatic nitrogens is 4. The van der Waals surface area contributed by atoms with E-state index < -0.39 is 0 Å². The number of fused-ring (bicyclic) bond motifs is 1. The third kappa shape index (κ3) is 3.86. The van der Waals surface area contributed by atoms with Crippen molar-refractivity contribution in [3.8, 4) is 11.4 Å². The molecule has 2 heterocycles. The molecule has 1 aliphatic rings. The number of carbonyl (C=O) groups excluding carboxylic acids is 2. The summed E-state index contributed by atoms with van der Waals surface area (Å²) in [4.78, 5) is 23.9. The van der Waals surface area contributed by atoms with E-state index in [0.29, 0.717) is 17.0 Å². The van der Waals surface area contributed by atoms with Gasteiger partial charge >= 0.3 is 5.97 Å². The van der Waals surface area contributed by atoms with E-state index in [1.54, 1.807) is 22.9 Å². The standard InChI is InChI=1S/C21H21N5O4/c1-12(2)17-8-18(26-11-22-24-25-26)13(3)6-19(17)29-10-20(27)23-15-4-5-16-14(7-15)9-30-21(16)28/h4-8,11-12H,9-10H2,1-3H3,(H,23,27). The van der Waals surface area contributed by atoms with Gasteiger partial charge in [-0.05, 0) is 64.7 Å². The number of carbonyl (C=O) groups is 2. The molecule has 0 radical (unpaired) electrons. The van der Waals surface area contributed by atoms with E-state index in [1.165, 1.54) is 6.33 Å². The Morgan fingerprint density at radius 1 is 1.30 bits per heavy atom. The molecule has 2 aromatic carbocycles. The van der Waals surface area contributed by atoms with Gasteiger partial charge < -0.3 is 14.8 Å². The molecular weight excluding hydrogens is 386 g/mol. The summed E-state index contributed by atoms with van der Waals surface area (Å²) in [5.74, 6) is 0.181.